The van der Waals surface area contributed by atoms with Gasteiger partial charge < -0.3 is 24.6 Å². The molecule has 2 aliphatic heterocycles. The number of carboxylic acid groups (broad SMARTS) is 1. The second-order valence-corrected chi connectivity index (χ2v) is 10.3. The van der Waals surface area contributed by atoms with Crippen molar-refractivity contribution in [2.24, 2.45) is 4.99 Å². The van der Waals surface area contributed by atoms with Crippen LogP contribution in [0.15, 0.2) is 38.8 Å². The second-order valence-electron chi connectivity index (χ2n) is 6.90. The first-order valence-corrected chi connectivity index (χ1v) is 12.1. The predicted octanol–water partition coefficient (Wildman–Crippen LogP) is 4.22. The molecule has 2 atom stereocenters. The van der Waals surface area contributed by atoms with E-state index in [0.29, 0.717) is 19.8 Å². The number of thiophene rings is 1. The normalized spacial score (nSPS) is 19.8. The zero-order valence-corrected chi connectivity index (χ0v) is 18.9. The third-order valence-corrected chi connectivity index (χ3v) is 7.85. The summed E-state index contributed by atoms with van der Waals surface area (Å²) in [4.78, 5) is 15.6. The number of nitrogens with zero attached hydrogens (tertiary/aromatic N) is 1. The number of aliphatic carboxylic acids is 1. The maximum Gasteiger partial charge on any atom is 0.304 e. The number of thioether (sulfide) groups is 1. The number of carbonyl (C=O) groups is 1. The highest BCUT2D eigenvalue weighted by atomic mass is 32.2. The summed E-state index contributed by atoms with van der Waals surface area (Å²) in [5, 5.41) is 15.7. The Labute approximate surface area is 187 Å². The van der Waals surface area contributed by atoms with Crippen molar-refractivity contribution in [3.05, 3.63) is 35.2 Å². The Hall–Kier alpha value is -1.88. The van der Waals surface area contributed by atoms with Crippen molar-refractivity contribution >= 4 is 57.4 Å². The van der Waals surface area contributed by atoms with E-state index in [4.69, 9.17) is 14.6 Å². The minimum absolute atomic E-state index is 0.0166. The van der Waals surface area contributed by atoms with E-state index in [0.717, 1.165) is 34.2 Å². The first-order chi connectivity index (χ1) is 14.6. The number of methoxy groups -OCH3 is 1. The molecule has 0 fully saturated rings. The summed E-state index contributed by atoms with van der Waals surface area (Å²) in [5.74, 6) is 0.0221. The first-order valence-electron chi connectivity index (χ1n) is 9.56. The molecule has 0 aliphatic carbocycles. The molecule has 0 bridgehead atoms. The summed E-state index contributed by atoms with van der Waals surface area (Å²) < 4.78 is 15.6. The standard InChI is InChI=1S/C20H23N3O4S3/c1-26-4-5-27-13-7-12-8-16(20-21-11-14(29-20)10-17(24)25)22-19(12)15(9-13)23-30-18-3-2-6-28-18/h2-3,6-7,9,14,16,22-23H,4-5,8,10-11H2,1H3,(H,24,25). The van der Waals surface area contributed by atoms with E-state index in [2.05, 4.69) is 32.5 Å². The van der Waals surface area contributed by atoms with Gasteiger partial charge in [0.2, 0.25) is 0 Å². The summed E-state index contributed by atoms with van der Waals surface area (Å²) in [6.45, 7) is 1.58. The number of fused-ring (bicyclic) bond motifs is 1. The van der Waals surface area contributed by atoms with Crippen LogP contribution in [0, 0.1) is 0 Å². The fraction of sp³-hybridized carbons (Fsp3) is 0.400. The van der Waals surface area contributed by atoms with E-state index >= 15 is 0 Å². The first kappa shape index (κ1) is 21.4. The molecular formula is C20H23N3O4S3. The highest BCUT2D eigenvalue weighted by Gasteiger charge is 2.33. The van der Waals surface area contributed by atoms with E-state index in [1.54, 1.807) is 42.2 Å². The topological polar surface area (TPSA) is 92.2 Å². The zero-order valence-electron chi connectivity index (χ0n) is 16.4. The molecule has 3 heterocycles. The molecule has 0 amide bonds. The highest BCUT2D eigenvalue weighted by Crippen LogP contribution is 2.41. The lowest BCUT2D eigenvalue weighted by Gasteiger charge is -2.15. The molecule has 160 valence electrons. The number of hydrogen-bond acceptors (Lipinski definition) is 9. The van der Waals surface area contributed by atoms with E-state index in [1.165, 1.54) is 4.21 Å². The number of ether oxygens (including phenoxy) is 2. The molecular weight excluding hydrogens is 442 g/mol. The van der Waals surface area contributed by atoms with Gasteiger partial charge in [0.1, 0.15) is 12.4 Å². The molecule has 2 aromatic rings. The molecule has 1 aromatic heterocycles. The van der Waals surface area contributed by atoms with Crippen molar-refractivity contribution < 1.29 is 19.4 Å². The Morgan fingerprint density at radius 2 is 2.33 bits per heavy atom. The van der Waals surface area contributed by atoms with Gasteiger partial charge in [0.25, 0.3) is 0 Å². The monoisotopic (exact) mass is 465 g/mol. The average Bonchev–Trinajstić information content (AvgIpc) is 3.46. The van der Waals surface area contributed by atoms with Gasteiger partial charge in [-0.25, -0.2) is 0 Å². The number of carboxylic acids is 1. The lowest BCUT2D eigenvalue weighted by Crippen LogP contribution is -2.24. The Morgan fingerprint density at radius 3 is 3.10 bits per heavy atom. The number of anilines is 2. The van der Waals surface area contributed by atoms with Gasteiger partial charge in [0.05, 0.1) is 46.2 Å². The SMILES string of the molecule is COCCOc1cc2c(c(NSc3cccs3)c1)NC(C1=NCC(CC(=O)O)S1)C2. The molecule has 3 N–H and O–H groups in total. The van der Waals surface area contributed by atoms with E-state index in [9.17, 15) is 4.79 Å². The molecule has 30 heavy (non-hydrogen) atoms. The molecule has 0 saturated heterocycles. The fourth-order valence-electron chi connectivity index (χ4n) is 3.36. The van der Waals surface area contributed by atoms with Crippen LogP contribution in [0.1, 0.15) is 12.0 Å². The molecule has 0 radical (unpaired) electrons. The Bertz CT molecular complexity index is 920. The van der Waals surface area contributed by atoms with Gasteiger partial charge in [0, 0.05) is 24.8 Å². The van der Waals surface area contributed by atoms with Crippen LogP contribution in [0.4, 0.5) is 11.4 Å². The molecule has 7 nitrogen and oxygen atoms in total. The van der Waals surface area contributed by atoms with Crippen LogP contribution in [-0.4, -0.2) is 54.3 Å². The number of hydrogen-bond donors (Lipinski definition) is 3. The highest BCUT2D eigenvalue weighted by molar-refractivity contribution is 8.15. The summed E-state index contributed by atoms with van der Waals surface area (Å²) in [5.41, 5.74) is 3.17. The average molecular weight is 466 g/mol. The third kappa shape index (κ3) is 5.23. The van der Waals surface area contributed by atoms with Gasteiger partial charge in [-0.05, 0) is 35.0 Å². The number of rotatable bonds is 10. The largest absolute Gasteiger partial charge is 0.491 e. The number of nitrogens with one attached hydrogen (secondary N) is 2. The van der Waals surface area contributed by atoms with Crippen LogP contribution in [0.25, 0.3) is 0 Å². The summed E-state index contributed by atoms with van der Waals surface area (Å²) >= 11 is 4.84. The van der Waals surface area contributed by atoms with Crippen LogP contribution in [-0.2, 0) is 16.0 Å². The maximum absolute atomic E-state index is 11.0. The van der Waals surface area contributed by atoms with Gasteiger partial charge in [-0.1, -0.05) is 6.07 Å². The van der Waals surface area contributed by atoms with Gasteiger partial charge in [-0.2, -0.15) is 0 Å². The Kier molecular flexibility index (Phi) is 7.08. The van der Waals surface area contributed by atoms with Crippen LogP contribution in [0.5, 0.6) is 5.75 Å². The van der Waals surface area contributed by atoms with E-state index < -0.39 is 5.97 Å². The second kappa shape index (κ2) is 9.95. The molecule has 4 rings (SSSR count). The van der Waals surface area contributed by atoms with Crippen molar-refractivity contribution in [1.29, 1.82) is 0 Å². The summed E-state index contributed by atoms with van der Waals surface area (Å²) in [7, 11) is 1.66. The van der Waals surface area contributed by atoms with E-state index in [1.807, 2.05) is 12.1 Å². The van der Waals surface area contributed by atoms with Crippen molar-refractivity contribution in [2.45, 2.75) is 28.3 Å². The lowest BCUT2D eigenvalue weighted by atomic mass is 10.1. The zero-order chi connectivity index (χ0) is 20.9. The van der Waals surface area contributed by atoms with Crippen molar-refractivity contribution in [3.63, 3.8) is 0 Å². The minimum Gasteiger partial charge on any atom is -0.491 e. The van der Waals surface area contributed by atoms with Gasteiger partial charge in [-0.15, -0.1) is 23.1 Å². The van der Waals surface area contributed by atoms with Crippen molar-refractivity contribution in [1.82, 2.24) is 0 Å². The maximum atomic E-state index is 11.0. The van der Waals surface area contributed by atoms with Crippen LogP contribution in [0.2, 0.25) is 0 Å². The summed E-state index contributed by atoms with van der Waals surface area (Å²) in [6, 6.07) is 8.23. The number of benzene rings is 1. The molecule has 2 aliphatic rings. The molecule has 2 unspecified atom stereocenters. The predicted molar refractivity (Wildman–Crippen MR) is 125 cm³/mol. The van der Waals surface area contributed by atoms with Gasteiger partial charge in [-0.3, -0.25) is 9.79 Å². The van der Waals surface area contributed by atoms with Crippen LogP contribution < -0.4 is 14.8 Å². The fourth-order valence-corrected chi connectivity index (χ4v) is 5.99. The molecule has 0 saturated carbocycles. The van der Waals surface area contributed by atoms with Crippen LogP contribution >= 0.6 is 35.0 Å². The quantitative estimate of drug-likeness (QED) is 0.355. The van der Waals surface area contributed by atoms with Crippen molar-refractivity contribution in [2.75, 3.05) is 36.9 Å². The Morgan fingerprint density at radius 1 is 1.43 bits per heavy atom. The molecule has 0 spiro atoms. The minimum atomic E-state index is -0.776. The lowest BCUT2D eigenvalue weighted by molar-refractivity contribution is -0.136. The summed E-state index contributed by atoms with van der Waals surface area (Å²) in [6.07, 6.45) is 0.930. The van der Waals surface area contributed by atoms with E-state index in [-0.39, 0.29) is 17.7 Å². The van der Waals surface area contributed by atoms with Crippen molar-refractivity contribution in [3.8, 4) is 5.75 Å². The molecule has 1 aromatic carbocycles. The Balaban J connectivity index is 1.49. The third-order valence-electron chi connectivity index (χ3n) is 4.69. The number of aliphatic imine (C=N–C) groups is 1. The van der Waals surface area contributed by atoms with Gasteiger partial charge in [0.15, 0.2) is 0 Å². The van der Waals surface area contributed by atoms with Gasteiger partial charge >= 0.3 is 5.97 Å². The smallest absolute Gasteiger partial charge is 0.304 e. The molecule has 10 heteroatoms. The van der Waals surface area contributed by atoms with Crippen LogP contribution in [0.3, 0.4) is 0 Å².